The van der Waals surface area contributed by atoms with Crippen LogP contribution in [0, 0.1) is 0 Å². The van der Waals surface area contributed by atoms with Gasteiger partial charge in [-0.05, 0) is 12.1 Å². The molecule has 22 heavy (non-hydrogen) atoms. The smallest absolute Gasteiger partial charge is 0.407 e. The number of amides is 2. The minimum atomic E-state index is -0.420. The monoisotopic (exact) mass is 400 g/mol. The van der Waals surface area contributed by atoms with Crippen molar-refractivity contribution < 1.29 is 14.3 Å². The molecular formula is C14H10BrClN2O3S. The number of fused-ring (bicyclic) bond motifs is 1. The predicted octanol–water partition coefficient (Wildman–Crippen LogP) is 3.25. The predicted molar refractivity (Wildman–Crippen MR) is 87.7 cm³/mol. The van der Waals surface area contributed by atoms with Gasteiger partial charge in [-0.25, -0.2) is 4.79 Å². The molecule has 8 heteroatoms. The average Bonchev–Trinajstić information content (AvgIpc) is 2.98. The molecule has 2 saturated heterocycles. The van der Waals surface area contributed by atoms with Crippen LogP contribution in [0.1, 0.15) is 9.67 Å². The number of hydrogen-bond acceptors (Lipinski definition) is 4. The highest BCUT2D eigenvalue weighted by Crippen LogP contribution is 2.39. The molecule has 1 N–H and O–H groups in total. The molecule has 0 saturated carbocycles. The van der Waals surface area contributed by atoms with Crippen LogP contribution in [0.4, 0.5) is 4.79 Å². The average molecular weight is 402 g/mol. The molecule has 1 spiro atoms. The van der Waals surface area contributed by atoms with Crippen molar-refractivity contribution >= 4 is 61.0 Å². The fourth-order valence-electron chi connectivity index (χ4n) is 2.81. The first-order valence-corrected chi connectivity index (χ1v) is 8.58. The Labute approximate surface area is 143 Å². The van der Waals surface area contributed by atoms with Gasteiger partial charge in [-0.2, -0.15) is 0 Å². The van der Waals surface area contributed by atoms with Gasteiger partial charge in [-0.1, -0.05) is 33.6 Å². The van der Waals surface area contributed by atoms with Crippen LogP contribution in [0.2, 0.25) is 5.02 Å². The maximum Gasteiger partial charge on any atom is 0.407 e. The van der Waals surface area contributed by atoms with Crippen molar-refractivity contribution in [3.05, 3.63) is 32.6 Å². The molecule has 3 heterocycles. The Morgan fingerprint density at radius 2 is 2.23 bits per heavy atom. The van der Waals surface area contributed by atoms with Gasteiger partial charge in [0.15, 0.2) is 0 Å². The lowest BCUT2D eigenvalue weighted by molar-refractivity contribution is 0.0322. The summed E-state index contributed by atoms with van der Waals surface area (Å²) in [7, 11) is 0. The molecule has 2 aliphatic heterocycles. The Balaban J connectivity index is 1.59. The number of hydrogen-bond donors (Lipinski definition) is 1. The fraction of sp³-hybridized carbons (Fsp3) is 0.286. The molecule has 114 valence electrons. The summed E-state index contributed by atoms with van der Waals surface area (Å²) < 4.78 is 6.83. The summed E-state index contributed by atoms with van der Waals surface area (Å²) in [4.78, 5) is 26.0. The van der Waals surface area contributed by atoms with Gasteiger partial charge in [0.1, 0.15) is 17.0 Å². The van der Waals surface area contributed by atoms with E-state index in [9.17, 15) is 9.59 Å². The van der Waals surface area contributed by atoms with Gasteiger partial charge in [-0.15, -0.1) is 11.3 Å². The molecule has 2 fully saturated rings. The van der Waals surface area contributed by atoms with E-state index in [1.54, 1.807) is 4.90 Å². The molecule has 1 aromatic carbocycles. The second-order valence-corrected chi connectivity index (χ2v) is 7.87. The fourth-order valence-corrected chi connectivity index (χ4v) is 4.84. The van der Waals surface area contributed by atoms with Crippen LogP contribution >= 0.6 is 38.9 Å². The van der Waals surface area contributed by atoms with E-state index in [4.69, 9.17) is 16.3 Å². The number of cyclic esters (lactones) is 1. The van der Waals surface area contributed by atoms with Crippen LogP contribution in [0.5, 0.6) is 0 Å². The summed E-state index contributed by atoms with van der Waals surface area (Å²) in [6.07, 6.45) is -0.420. The van der Waals surface area contributed by atoms with Gasteiger partial charge < -0.3 is 15.0 Å². The minimum absolute atomic E-state index is 0.103. The van der Waals surface area contributed by atoms with Crippen LogP contribution in [0.15, 0.2) is 22.7 Å². The lowest BCUT2D eigenvalue weighted by Crippen LogP contribution is -2.69. The zero-order valence-electron chi connectivity index (χ0n) is 11.2. The SMILES string of the molecule is O=C1NC2(CO1)CN(C(=O)c1sc3cc(Br)ccc3c1Cl)C2. The van der Waals surface area contributed by atoms with Crippen LogP contribution in [-0.2, 0) is 4.74 Å². The van der Waals surface area contributed by atoms with E-state index in [1.165, 1.54) is 11.3 Å². The molecule has 0 unspecified atom stereocenters. The van der Waals surface area contributed by atoms with Gasteiger partial charge >= 0.3 is 6.09 Å². The summed E-state index contributed by atoms with van der Waals surface area (Å²) in [6, 6.07) is 5.75. The Hall–Kier alpha value is -1.31. The molecule has 2 aliphatic rings. The highest BCUT2D eigenvalue weighted by atomic mass is 79.9. The summed E-state index contributed by atoms with van der Waals surface area (Å²) >= 11 is 11.2. The number of ether oxygens (including phenoxy) is 1. The van der Waals surface area contributed by atoms with Crippen molar-refractivity contribution in [1.29, 1.82) is 0 Å². The van der Waals surface area contributed by atoms with Gasteiger partial charge in [0, 0.05) is 27.6 Å². The molecule has 5 nitrogen and oxygen atoms in total. The second-order valence-electron chi connectivity index (χ2n) is 5.53. The van der Waals surface area contributed by atoms with Gasteiger partial charge in [0.25, 0.3) is 5.91 Å². The molecule has 2 aromatic rings. The summed E-state index contributed by atoms with van der Waals surface area (Å²) in [6.45, 7) is 1.21. The Bertz CT molecular complexity index is 816. The molecule has 1 aromatic heterocycles. The number of carbonyl (C=O) groups is 2. The normalized spacial score (nSPS) is 19.2. The second kappa shape index (κ2) is 4.84. The summed E-state index contributed by atoms with van der Waals surface area (Å²) in [5.41, 5.74) is -0.418. The zero-order valence-corrected chi connectivity index (χ0v) is 14.3. The topological polar surface area (TPSA) is 58.6 Å². The molecule has 0 radical (unpaired) electrons. The first-order chi connectivity index (χ1) is 10.5. The zero-order chi connectivity index (χ0) is 15.5. The maximum absolute atomic E-state index is 12.6. The van der Waals surface area contributed by atoms with Gasteiger partial charge in [-0.3, -0.25) is 4.79 Å². The lowest BCUT2D eigenvalue weighted by Gasteiger charge is -2.45. The first-order valence-electron chi connectivity index (χ1n) is 6.59. The van der Waals surface area contributed by atoms with E-state index in [0.29, 0.717) is 29.6 Å². The van der Waals surface area contributed by atoms with E-state index in [0.717, 1.165) is 14.6 Å². The Morgan fingerprint density at radius 3 is 2.91 bits per heavy atom. The van der Waals surface area contributed by atoms with E-state index in [1.807, 2.05) is 18.2 Å². The van der Waals surface area contributed by atoms with Crippen LogP contribution in [-0.4, -0.2) is 42.1 Å². The highest BCUT2D eigenvalue weighted by Gasteiger charge is 2.51. The number of benzene rings is 1. The quantitative estimate of drug-likeness (QED) is 0.798. The number of alkyl carbamates (subject to hydrolysis) is 1. The Kier molecular flexibility index (Phi) is 3.15. The minimum Gasteiger partial charge on any atom is -0.447 e. The van der Waals surface area contributed by atoms with Crippen molar-refractivity contribution in [2.75, 3.05) is 19.7 Å². The molecule has 4 rings (SSSR count). The number of carbonyl (C=O) groups excluding carboxylic acids is 2. The third-order valence-corrected chi connectivity index (χ3v) is 6.05. The van der Waals surface area contributed by atoms with Gasteiger partial charge in [0.2, 0.25) is 0 Å². The van der Waals surface area contributed by atoms with Crippen LogP contribution < -0.4 is 5.32 Å². The first kappa shape index (κ1) is 14.3. The van der Waals surface area contributed by atoms with Crippen molar-refractivity contribution in [2.45, 2.75) is 5.54 Å². The standard InChI is InChI=1S/C14H10BrClN2O3S/c15-7-1-2-8-9(3-7)22-11(10(8)16)12(19)18-4-14(5-18)6-21-13(20)17-14/h1-3H,4-6H2,(H,17,20). The lowest BCUT2D eigenvalue weighted by atomic mass is 9.91. The maximum atomic E-state index is 12.6. The molecular weight excluding hydrogens is 392 g/mol. The number of halogens is 2. The number of thiophene rings is 1. The molecule has 0 bridgehead atoms. The largest absolute Gasteiger partial charge is 0.447 e. The highest BCUT2D eigenvalue weighted by molar-refractivity contribution is 9.10. The number of rotatable bonds is 1. The third kappa shape index (κ3) is 2.11. The van der Waals surface area contributed by atoms with E-state index in [2.05, 4.69) is 21.2 Å². The molecule has 0 aliphatic carbocycles. The third-order valence-electron chi connectivity index (χ3n) is 3.91. The van der Waals surface area contributed by atoms with E-state index in [-0.39, 0.29) is 5.91 Å². The summed E-state index contributed by atoms with van der Waals surface area (Å²) in [5, 5.41) is 4.13. The summed E-state index contributed by atoms with van der Waals surface area (Å²) in [5.74, 6) is -0.103. The van der Waals surface area contributed by atoms with Crippen molar-refractivity contribution in [1.82, 2.24) is 10.2 Å². The number of likely N-dealkylation sites (tertiary alicyclic amines) is 1. The molecule has 2 amide bonds. The number of nitrogens with zero attached hydrogens (tertiary/aromatic N) is 1. The van der Waals surface area contributed by atoms with Crippen LogP contribution in [0.3, 0.4) is 0 Å². The van der Waals surface area contributed by atoms with E-state index >= 15 is 0 Å². The van der Waals surface area contributed by atoms with Crippen molar-refractivity contribution in [3.8, 4) is 0 Å². The van der Waals surface area contributed by atoms with Crippen molar-refractivity contribution in [2.24, 2.45) is 0 Å². The molecule has 0 atom stereocenters. The van der Waals surface area contributed by atoms with E-state index < -0.39 is 11.6 Å². The number of nitrogens with one attached hydrogen (secondary N) is 1. The Morgan fingerprint density at radius 1 is 1.45 bits per heavy atom. The van der Waals surface area contributed by atoms with Gasteiger partial charge in [0.05, 0.1) is 5.02 Å². The van der Waals surface area contributed by atoms with Crippen molar-refractivity contribution in [3.63, 3.8) is 0 Å². The van der Waals surface area contributed by atoms with Crippen LogP contribution in [0.25, 0.3) is 10.1 Å².